The summed E-state index contributed by atoms with van der Waals surface area (Å²) in [4.78, 5) is 22.5. The van der Waals surface area contributed by atoms with Crippen LogP contribution in [0, 0.1) is 6.92 Å². The molecular formula is C24H26N4O2. The largest absolute Gasteiger partial charge is 0.351 e. The molecule has 4 rings (SSSR count). The van der Waals surface area contributed by atoms with E-state index < -0.39 is 0 Å². The van der Waals surface area contributed by atoms with Gasteiger partial charge in [0, 0.05) is 30.9 Å². The molecule has 0 spiro atoms. The van der Waals surface area contributed by atoms with Crippen LogP contribution in [0.4, 0.5) is 0 Å². The van der Waals surface area contributed by atoms with Crippen molar-refractivity contribution in [3.05, 3.63) is 71.5 Å². The second kappa shape index (κ2) is 8.53. The molecule has 0 aliphatic rings. The van der Waals surface area contributed by atoms with Gasteiger partial charge in [0.25, 0.3) is 5.89 Å². The lowest BCUT2D eigenvalue weighted by atomic mass is 9.95. The van der Waals surface area contributed by atoms with Crippen LogP contribution in [0.25, 0.3) is 22.5 Å². The Kier molecular flexibility index (Phi) is 5.65. The SMILES string of the molecule is CC[C@@H](C(=O)N(C)CCc1noc(-c2cc3cc(C)ccc3[nH]2)n1)c1ccccc1. The second-order valence-electron chi connectivity index (χ2n) is 7.67. The van der Waals surface area contributed by atoms with E-state index in [0.29, 0.717) is 24.7 Å². The Hall–Kier alpha value is -3.41. The fourth-order valence-electron chi connectivity index (χ4n) is 3.71. The Morgan fingerprint density at radius 2 is 1.97 bits per heavy atom. The van der Waals surface area contributed by atoms with Crippen LogP contribution in [0.2, 0.25) is 0 Å². The number of carbonyl (C=O) groups is 1. The maximum absolute atomic E-state index is 12.9. The van der Waals surface area contributed by atoms with Crippen molar-refractivity contribution >= 4 is 16.8 Å². The average molecular weight is 402 g/mol. The molecule has 0 bridgehead atoms. The molecule has 0 saturated heterocycles. The van der Waals surface area contributed by atoms with E-state index in [4.69, 9.17) is 4.52 Å². The molecule has 0 aliphatic carbocycles. The first-order valence-electron chi connectivity index (χ1n) is 10.3. The van der Waals surface area contributed by atoms with Gasteiger partial charge in [0.1, 0.15) is 5.69 Å². The van der Waals surface area contributed by atoms with E-state index in [1.165, 1.54) is 5.56 Å². The lowest BCUT2D eigenvalue weighted by Gasteiger charge is -2.23. The number of rotatable bonds is 7. The summed E-state index contributed by atoms with van der Waals surface area (Å²) in [6.07, 6.45) is 1.30. The number of hydrogen-bond donors (Lipinski definition) is 1. The molecule has 2 aromatic heterocycles. The number of nitrogens with zero attached hydrogens (tertiary/aromatic N) is 3. The number of aryl methyl sites for hydroxylation is 1. The first-order chi connectivity index (χ1) is 14.5. The summed E-state index contributed by atoms with van der Waals surface area (Å²) in [5.74, 6) is 1.03. The fraction of sp³-hybridized carbons (Fsp3) is 0.292. The van der Waals surface area contributed by atoms with Crippen molar-refractivity contribution in [3.8, 4) is 11.6 Å². The Labute approximate surface area is 175 Å². The van der Waals surface area contributed by atoms with Crippen molar-refractivity contribution in [1.82, 2.24) is 20.0 Å². The molecule has 2 aromatic carbocycles. The molecule has 0 saturated carbocycles. The van der Waals surface area contributed by atoms with Crippen LogP contribution in [-0.2, 0) is 11.2 Å². The number of nitrogens with one attached hydrogen (secondary N) is 1. The lowest BCUT2D eigenvalue weighted by Crippen LogP contribution is -2.33. The van der Waals surface area contributed by atoms with Crippen LogP contribution in [0.1, 0.15) is 36.2 Å². The predicted octanol–water partition coefficient (Wildman–Crippen LogP) is 4.72. The van der Waals surface area contributed by atoms with E-state index in [-0.39, 0.29) is 11.8 Å². The number of amides is 1. The Morgan fingerprint density at radius 1 is 1.17 bits per heavy atom. The van der Waals surface area contributed by atoms with E-state index in [2.05, 4.69) is 34.2 Å². The summed E-state index contributed by atoms with van der Waals surface area (Å²) in [5, 5.41) is 5.20. The van der Waals surface area contributed by atoms with Gasteiger partial charge in [0.15, 0.2) is 5.82 Å². The molecule has 0 unspecified atom stereocenters. The maximum Gasteiger partial charge on any atom is 0.274 e. The molecule has 0 fully saturated rings. The Bertz CT molecular complexity index is 1150. The zero-order valence-electron chi connectivity index (χ0n) is 17.6. The van der Waals surface area contributed by atoms with Gasteiger partial charge in [0.05, 0.1) is 5.92 Å². The van der Waals surface area contributed by atoms with E-state index >= 15 is 0 Å². The van der Waals surface area contributed by atoms with Crippen molar-refractivity contribution in [2.24, 2.45) is 0 Å². The predicted molar refractivity (Wildman–Crippen MR) is 117 cm³/mol. The zero-order chi connectivity index (χ0) is 21.1. The third-order valence-corrected chi connectivity index (χ3v) is 5.43. The lowest BCUT2D eigenvalue weighted by molar-refractivity contribution is -0.131. The summed E-state index contributed by atoms with van der Waals surface area (Å²) in [7, 11) is 1.83. The fourth-order valence-corrected chi connectivity index (χ4v) is 3.71. The molecule has 2 heterocycles. The monoisotopic (exact) mass is 402 g/mol. The average Bonchev–Trinajstić information content (AvgIpc) is 3.39. The second-order valence-corrected chi connectivity index (χ2v) is 7.67. The highest BCUT2D eigenvalue weighted by molar-refractivity contribution is 5.85. The highest BCUT2D eigenvalue weighted by Gasteiger charge is 2.22. The summed E-state index contributed by atoms with van der Waals surface area (Å²) < 4.78 is 5.45. The van der Waals surface area contributed by atoms with E-state index in [9.17, 15) is 4.79 Å². The number of carbonyl (C=O) groups excluding carboxylic acids is 1. The van der Waals surface area contributed by atoms with Crippen molar-refractivity contribution in [1.29, 1.82) is 0 Å². The molecule has 6 heteroatoms. The van der Waals surface area contributed by atoms with Gasteiger partial charge in [0.2, 0.25) is 5.91 Å². The van der Waals surface area contributed by atoms with Gasteiger partial charge in [-0.1, -0.05) is 54.0 Å². The molecule has 154 valence electrons. The smallest absolute Gasteiger partial charge is 0.274 e. The number of fused-ring (bicyclic) bond motifs is 1. The van der Waals surface area contributed by atoms with Crippen molar-refractivity contribution < 1.29 is 9.32 Å². The molecule has 0 aliphatic heterocycles. The molecule has 1 amide bonds. The first-order valence-corrected chi connectivity index (χ1v) is 10.3. The number of aromatic amines is 1. The zero-order valence-corrected chi connectivity index (χ0v) is 17.6. The first kappa shape index (κ1) is 19.9. The van der Waals surface area contributed by atoms with Crippen LogP contribution in [0.15, 0.2) is 59.1 Å². The molecule has 1 N–H and O–H groups in total. The van der Waals surface area contributed by atoms with Crippen LogP contribution in [0.3, 0.4) is 0 Å². The van der Waals surface area contributed by atoms with Gasteiger partial charge in [-0.25, -0.2) is 0 Å². The summed E-state index contributed by atoms with van der Waals surface area (Å²) in [5.41, 5.74) is 4.08. The van der Waals surface area contributed by atoms with Gasteiger partial charge in [-0.3, -0.25) is 4.79 Å². The van der Waals surface area contributed by atoms with Crippen molar-refractivity contribution in [2.75, 3.05) is 13.6 Å². The molecule has 1 atom stereocenters. The highest BCUT2D eigenvalue weighted by atomic mass is 16.5. The number of hydrogen-bond acceptors (Lipinski definition) is 4. The third kappa shape index (κ3) is 4.13. The molecular weight excluding hydrogens is 376 g/mol. The van der Waals surface area contributed by atoms with Crippen LogP contribution in [0.5, 0.6) is 0 Å². The summed E-state index contributed by atoms with van der Waals surface area (Å²) in [6.45, 7) is 4.64. The normalized spacial score (nSPS) is 12.2. The summed E-state index contributed by atoms with van der Waals surface area (Å²) in [6, 6.07) is 18.2. The van der Waals surface area contributed by atoms with E-state index in [0.717, 1.165) is 28.6 Å². The van der Waals surface area contributed by atoms with Gasteiger partial charge in [-0.2, -0.15) is 4.98 Å². The minimum absolute atomic E-state index is 0.110. The maximum atomic E-state index is 12.9. The molecule has 6 nitrogen and oxygen atoms in total. The third-order valence-electron chi connectivity index (χ3n) is 5.43. The van der Waals surface area contributed by atoms with E-state index in [1.807, 2.05) is 56.4 Å². The quantitative estimate of drug-likeness (QED) is 0.485. The Balaban J connectivity index is 1.41. The van der Waals surface area contributed by atoms with Crippen LogP contribution >= 0.6 is 0 Å². The minimum Gasteiger partial charge on any atom is -0.351 e. The van der Waals surface area contributed by atoms with E-state index in [1.54, 1.807) is 4.90 Å². The topological polar surface area (TPSA) is 75.0 Å². The number of likely N-dealkylation sites (N-methyl/N-ethyl adjacent to an activating group) is 1. The van der Waals surface area contributed by atoms with Crippen molar-refractivity contribution in [3.63, 3.8) is 0 Å². The van der Waals surface area contributed by atoms with Gasteiger partial charge < -0.3 is 14.4 Å². The Morgan fingerprint density at radius 3 is 2.73 bits per heavy atom. The highest BCUT2D eigenvalue weighted by Crippen LogP contribution is 2.24. The van der Waals surface area contributed by atoms with Crippen molar-refractivity contribution in [2.45, 2.75) is 32.6 Å². The van der Waals surface area contributed by atoms with Gasteiger partial charge >= 0.3 is 0 Å². The minimum atomic E-state index is -0.133. The molecule has 4 aromatic rings. The van der Waals surface area contributed by atoms with Crippen LogP contribution in [-0.4, -0.2) is 39.5 Å². The van der Waals surface area contributed by atoms with Gasteiger partial charge in [-0.05, 0) is 37.1 Å². The van der Waals surface area contributed by atoms with Crippen LogP contribution < -0.4 is 0 Å². The summed E-state index contributed by atoms with van der Waals surface area (Å²) >= 11 is 0. The molecule has 0 radical (unpaired) electrons. The van der Waals surface area contributed by atoms with Gasteiger partial charge in [-0.15, -0.1) is 0 Å². The standard InChI is InChI=1S/C24H26N4O2/c1-4-19(17-8-6-5-7-9-17)24(29)28(3)13-12-22-26-23(30-27-22)21-15-18-14-16(2)10-11-20(18)25-21/h5-11,14-15,19,25H,4,12-13H2,1-3H3/t19-/m1/s1. The number of benzene rings is 2. The number of H-pyrrole nitrogens is 1. The molecule has 30 heavy (non-hydrogen) atoms. The number of aromatic nitrogens is 3.